The number of nitrogens with zero attached hydrogens (tertiary/aromatic N) is 1. The minimum atomic E-state index is -3.26. The molecule has 3 N–H and O–H groups in total. The number of carbonyl (C=O) groups excluding carboxylic acids is 1. The van der Waals surface area contributed by atoms with Gasteiger partial charge < -0.3 is 11.1 Å². The van der Waals surface area contributed by atoms with Crippen LogP contribution in [-0.4, -0.2) is 39.2 Å². The summed E-state index contributed by atoms with van der Waals surface area (Å²) in [6.07, 6.45) is 3.62. The standard InChI is InChI=1S/C16H22ClN3O3S/c17-14-9-12(20-7-2-8-24(20,22)23)5-6-13(14)16(21)19-15-4-1-3-11(15)10-18/h5-6,9,11,15H,1-4,7-8,10,18H2,(H,19,21). The Balaban J connectivity index is 1.76. The minimum absolute atomic E-state index is 0.0807. The van der Waals surface area contributed by atoms with Crippen molar-refractivity contribution in [3.8, 4) is 0 Å². The summed E-state index contributed by atoms with van der Waals surface area (Å²) in [5.41, 5.74) is 6.61. The van der Waals surface area contributed by atoms with Gasteiger partial charge in [0.05, 0.1) is 22.0 Å². The summed E-state index contributed by atoms with van der Waals surface area (Å²) in [5.74, 6) is 0.220. The van der Waals surface area contributed by atoms with Crippen molar-refractivity contribution < 1.29 is 13.2 Å². The van der Waals surface area contributed by atoms with Gasteiger partial charge in [0, 0.05) is 12.6 Å². The van der Waals surface area contributed by atoms with E-state index in [-0.39, 0.29) is 22.7 Å². The predicted molar refractivity (Wildman–Crippen MR) is 94.9 cm³/mol. The van der Waals surface area contributed by atoms with E-state index in [1.54, 1.807) is 18.2 Å². The number of carbonyl (C=O) groups is 1. The summed E-state index contributed by atoms with van der Waals surface area (Å²) >= 11 is 6.24. The third kappa shape index (κ3) is 3.38. The second kappa shape index (κ2) is 6.90. The fraction of sp³-hybridized carbons (Fsp3) is 0.562. The molecule has 1 saturated heterocycles. The molecular formula is C16H22ClN3O3S. The Kier molecular flexibility index (Phi) is 5.03. The maximum Gasteiger partial charge on any atom is 0.253 e. The number of nitrogens with two attached hydrogens (primary N) is 1. The average Bonchev–Trinajstić information content (AvgIpc) is 3.12. The highest BCUT2D eigenvalue weighted by Crippen LogP contribution is 2.30. The summed E-state index contributed by atoms with van der Waals surface area (Å²) in [6.45, 7) is 1.01. The summed E-state index contributed by atoms with van der Waals surface area (Å²) in [5, 5.41) is 3.27. The van der Waals surface area contributed by atoms with Crippen molar-refractivity contribution in [1.29, 1.82) is 0 Å². The average molecular weight is 372 g/mol. The van der Waals surface area contributed by atoms with Gasteiger partial charge in [-0.25, -0.2) is 8.42 Å². The molecular weight excluding hydrogens is 350 g/mol. The Bertz CT molecular complexity index is 738. The number of benzene rings is 1. The van der Waals surface area contributed by atoms with Gasteiger partial charge in [0.25, 0.3) is 5.91 Å². The number of hydrogen-bond donors (Lipinski definition) is 2. The molecule has 1 saturated carbocycles. The molecule has 132 valence electrons. The van der Waals surface area contributed by atoms with Gasteiger partial charge in [-0.1, -0.05) is 18.0 Å². The molecule has 3 rings (SSSR count). The van der Waals surface area contributed by atoms with Crippen molar-refractivity contribution in [1.82, 2.24) is 5.32 Å². The molecule has 0 bridgehead atoms. The second-order valence-corrected chi connectivity index (χ2v) is 8.83. The van der Waals surface area contributed by atoms with Crippen molar-refractivity contribution >= 4 is 33.2 Å². The normalized spacial score (nSPS) is 25.8. The number of rotatable bonds is 4. The molecule has 2 aliphatic rings. The van der Waals surface area contributed by atoms with Crippen LogP contribution in [0.15, 0.2) is 18.2 Å². The molecule has 1 aliphatic carbocycles. The van der Waals surface area contributed by atoms with Gasteiger partial charge in [0.1, 0.15) is 0 Å². The van der Waals surface area contributed by atoms with E-state index in [1.165, 1.54) is 4.31 Å². The highest BCUT2D eigenvalue weighted by atomic mass is 35.5. The van der Waals surface area contributed by atoms with Crippen LogP contribution in [0.3, 0.4) is 0 Å². The first-order valence-electron chi connectivity index (χ1n) is 8.23. The molecule has 0 aromatic heterocycles. The van der Waals surface area contributed by atoms with E-state index in [0.29, 0.717) is 36.7 Å². The molecule has 24 heavy (non-hydrogen) atoms. The Morgan fingerprint density at radius 3 is 2.75 bits per heavy atom. The van der Waals surface area contributed by atoms with Gasteiger partial charge in [-0.15, -0.1) is 0 Å². The van der Waals surface area contributed by atoms with E-state index in [9.17, 15) is 13.2 Å². The van der Waals surface area contributed by atoms with Gasteiger partial charge in [-0.3, -0.25) is 9.10 Å². The van der Waals surface area contributed by atoms with Crippen molar-refractivity contribution in [3.63, 3.8) is 0 Å². The molecule has 2 unspecified atom stereocenters. The van der Waals surface area contributed by atoms with Crippen molar-refractivity contribution in [2.24, 2.45) is 11.7 Å². The lowest BCUT2D eigenvalue weighted by Crippen LogP contribution is -2.40. The molecule has 1 amide bonds. The maximum atomic E-state index is 12.5. The lowest BCUT2D eigenvalue weighted by molar-refractivity contribution is 0.0929. The molecule has 6 nitrogen and oxygen atoms in total. The van der Waals surface area contributed by atoms with Crippen molar-refractivity contribution in [2.45, 2.75) is 31.7 Å². The van der Waals surface area contributed by atoms with Crippen LogP contribution in [0.4, 0.5) is 5.69 Å². The van der Waals surface area contributed by atoms with Crippen LogP contribution >= 0.6 is 11.6 Å². The van der Waals surface area contributed by atoms with Gasteiger partial charge >= 0.3 is 0 Å². The number of amides is 1. The highest BCUT2D eigenvalue weighted by molar-refractivity contribution is 7.93. The second-order valence-electron chi connectivity index (χ2n) is 6.41. The zero-order chi connectivity index (χ0) is 17.3. The number of nitrogens with one attached hydrogen (secondary N) is 1. The lowest BCUT2D eigenvalue weighted by Gasteiger charge is -2.21. The molecule has 1 aromatic carbocycles. The fourth-order valence-corrected chi connectivity index (χ4v) is 5.34. The highest BCUT2D eigenvalue weighted by Gasteiger charge is 2.30. The molecule has 2 fully saturated rings. The Hall–Kier alpha value is -1.31. The SMILES string of the molecule is NCC1CCCC1NC(=O)c1ccc(N2CCCS2(=O)=O)cc1Cl. The quantitative estimate of drug-likeness (QED) is 0.843. The molecule has 1 heterocycles. The molecule has 8 heteroatoms. The van der Waals surface area contributed by atoms with Gasteiger partial charge in [0.2, 0.25) is 10.0 Å². The third-order valence-corrected chi connectivity index (χ3v) is 7.05. The zero-order valence-corrected chi connectivity index (χ0v) is 14.9. The molecule has 1 aliphatic heterocycles. The summed E-state index contributed by atoms with van der Waals surface area (Å²) < 4.78 is 25.3. The van der Waals surface area contributed by atoms with E-state index in [4.69, 9.17) is 17.3 Å². The predicted octanol–water partition coefficient (Wildman–Crippen LogP) is 1.74. The van der Waals surface area contributed by atoms with E-state index >= 15 is 0 Å². The fourth-order valence-electron chi connectivity index (χ4n) is 3.53. The van der Waals surface area contributed by atoms with E-state index in [0.717, 1.165) is 19.3 Å². The van der Waals surface area contributed by atoms with Crippen LogP contribution in [0, 0.1) is 5.92 Å². The first-order valence-corrected chi connectivity index (χ1v) is 10.2. The zero-order valence-electron chi connectivity index (χ0n) is 13.4. The smallest absolute Gasteiger partial charge is 0.253 e. The van der Waals surface area contributed by atoms with Gasteiger partial charge in [-0.05, 0) is 49.9 Å². The van der Waals surface area contributed by atoms with Crippen LogP contribution in [-0.2, 0) is 10.0 Å². The number of anilines is 1. The molecule has 1 aromatic rings. The monoisotopic (exact) mass is 371 g/mol. The van der Waals surface area contributed by atoms with Crippen LogP contribution in [0.2, 0.25) is 5.02 Å². The minimum Gasteiger partial charge on any atom is -0.349 e. The first-order chi connectivity index (χ1) is 11.4. The summed E-state index contributed by atoms with van der Waals surface area (Å²) in [6, 6.07) is 4.86. The summed E-state index contributed by atoms with van der Waals surface area (Å²) in [7, 11) is -3.26. The third-order valence-electron chi connectivity index (χ3n) is 4.86. The van der Waals surface area contributed by atoms with Crippen LogP contribution in [0.5, 0.6) is 0 Å². The van der Waals surface area contributed by atoms with Crippen LogP contribution in [0.25, 0.3) is 0 Å². The van der Waals surface area contributed by atoms with Crippen molar-refractivity contribution in [2.75, 3.05) is 23.1 Å². The topological polar surface area (TPSA) is 92.5 Å². The Morgan fingerprint density at radius 1 is 1.33 bits per heavy atom. The molecule has 2 atom stereocenters. The first kappa shape index (κ1) is 17.5. The number of halogens is 1. The van der Waals surface area contributed by atoms with Crippen LogP contribution < -0.4 is 15.4 Å². The number of hydrogen-bond acceptors (Lipinski definition) is 4. The summed E-state index contributed by atoms with van der Waals surface area (Å²) in [4.78, 5) is 12.5. The lowest BCUT2D eigenvalue weighted by atomic mass is 10.0. The largest absolute Gasteiger partial charge is 0.349 e. The molecule has 0 spiro atoms. The number of sulfonamides is 1. The Labute approximate surface area is 147 Å². The van der Waals surface area contributed by atoms with Crippen LogP contribution in [0.1, 0.15) is 36.0 Å². The van der Waals surface area contributed by atoms with E-state index < -0.39 is 10.0 Å². The maximum absolute atomic E-state index is 12.5. The van der Waals surface area contributed by atoms with Crippen molar-refractivity contribution in [3.05, 3.63) is 28.8 Å². The van der Waals surface area contributed by atoms with E-state index in [1.807, 2.05) is 0 Å². The van der Waals surface area contributed by atoms with E-state index in [2.05, 4.69) is 5.32 Å². The van der Waals surface area contributed by atoms with Gasteiger partial charge in [0.15, 0.2) is 0 Å². The Morgan fingerprint density at radius 2 is 2.12 bits per heavy atom. The molecule has 0 radical (unpaired) electrons. The van der Waals surface area contributed by atoms with Gasteiger partial charge in [-0.2, -0.15) is 0 Å².